The molecule has 2 atom stereocenters. The lowest BCUT2D eigenvalue weighted by molar-refractivity contribution is -0.123. The van der Waals surface area contributed by atoms with Gasteiger partial charge in [-0.05, 0) is 96.3 Å². The van der Waals surface area contributed by atoms with Gasteiger partial charge in [0, 0.05) is 6.42 Å². The minimum Gasteiger partial charge on any atom is -0.394 e. The quantitative estimate of drug-likeness (QED) is 0.0420. The van der Waals surface area contributed by atoms with Crippen molar-refractivity contribution in [2.75, 3.05) is 6.61 Å². The van der Waals surface area contributed by atoms with Crippen LogP contribution in [0.25, 0.3) is 0 Å². The van der Waals surface area contributed by atoms with Crippen LogP contribution in [0.15, 0.2) is 134 Å². The Morgan fingerprint density at radius 3 is 0.825 bits per heavy atom. The molecule has 0 aliphatic heterocycles. The van der Waals surface area contributed by atoms with Gasteiger partial charge in [0.25, 0.3) is 0 Å². The summed E-state index contributed by atoms with van der Waals surface area (Å²) >= 11 is 0. The first-order valence-electron chi connectivity index (χ1n) is 34.4. The summed E-state index contributed by atoms with van der Waals surface area (Å²) in [5.74, 6) is -0.0743. The number of amides is 1. The monoisotopic (exact) mass is 1110 g/mol. The zero-order valence-corrected chi connectivity index (χ0v) is 52.8. The maximum Gasteiger partial charge on any atom is 0.220 e. The molecule has 0 rings (SSSR count). The Balaban J connectivity index is 3.58. The van der Waals surface area contributed by atoms with Gasteiger partial charge in [-0.1, -0.05) is 353 Å². The molecular formula is C76H131NO3. The summed E-state index contributed by atoms with van der Waals surface area (Å²) in [6, 6.07) is -0.638. The lowest BCUT2D eigenvalue weighted by Crippen LogP contribution is -2.45. The van der Waals surface area contributed by atoms with Crippen molar-refractivity contribution in [2.24, 2.45) is 0 Å². The van der Waals surface area contributed by atoms with Crippen molar-refractivity contribution in [3.63, 3.8) is 0 Å². The first-order chi connectivity index (χ1) is 39.7. The van der Waals surface area contributed by atoms with Crippen LogP contribution in [0.4, 0.5) is 0 Å². The molecule has 0 spiro atoms. The fourth-order valence-corrected chi connectivity index (χ4v) is 9.97. The number of hydrogen-bond acceptors (Lipinski definition) is 3. The molecule has 0 aromatic carbocycles. The molecule has 0 heterocycles. The normalized spacial score (nSPS) is 13.6. The summed E-state index contributed by atoms with van der Waals surface area (Å²) in [5.41, 5.74) is 0. The number of carbonyl (C=O) groups excluding carboxylic acids is 1. The molecule has 4 heteroatoms. The number of hydrogen-bond donors (Lipinski definition) is 3. The van der Waals surface area contributed by atoms with Crippen molar-refractivity contribution in [3.8, 4) is 0 Å². The number of unbranched alkanes of at least 4 members (excludes halogenated alkanes) is 35. The molecule has 0 bridgehead atoms. The second-order valence-corrected chi connectivity index (χ2v) is 22.9. The van der Waals surface area contributed by atoms with Crippen LogP contribution in [0, 0.1) is 0 Å². The zero-order valence-electron chi connectivity index (χ0n) is 52.8. The average molecular weight is 1110 g/mol. The minimum absolute atomic E-state index is 0.0743. The van der Waals surface area contributed by atoms with E-state index in [9.17, 15) is 15.0 Å². The third-order valence-corrected chi connectivity index (χ3v) is 15.1. The second kappa shape index (κ2) is 69.8. The molecule has 0 fully saturated rings. The van der Waals surface area contributed by atoms with E-state index in [1.54, 1.807) is 6.08 Å². The highest BCUT2D eigenvalue weighted by Crippen LogP contribution is 2.17. The van der Waals surface area contributed by atoms with Crippen molar-refractivity contribution in [1.82, 2.24) is 5.32 Å². The lowest BCUT2D eigenvalue weighted by Gasteiger charge is -2.20. The van der Waals surface area contributed by atoms with Crippen molar-refractivity contribution >= 4 is 5.91 Å². The Kier molecular flexibility index (Phi) is 66.8. The zero-order chi connectivity index (χ0) is 57.6. The van der Waals surface area contributed by atoms with E-state index in [0.29, 0.717) is 6.42 Å². The maximum atomic E-state index is 12.5. The van der Waals surface area contributed by atoms with Gasteiger partial charge in [0.05, 0.1) is 18.8 Å². The van der Waals surface area contributed by atoms with Gasteiger partial charge < -0.3 is 15.5 Å². The van der Waals surface area contributed by atoms with Crippen molar-refractivity contribution < 1.29 is 15.0 Å². The Hall–Kier alpha value is -3.47. The topological polar surface area (TPSA) is 69.6 Å². The standard InChI is InChI=1S/C76H131NO3/c1-3-5-7-9-11-13-15-17-19-21-23-25-27-29-31-33-34-35-36-37-38-39-40-41-42-44-46-48-50-52-54-56-58-60-62-64-66-68-70-72-76(80)77-74(73-78)75(79)71-69-67-65-63-61-59-57-55-53-51-49-47-45-43-32-30-28-26-24-22-20-18-16-14-12-10-8-6-4-2/h5,7,11,13,17,19,23,25,29,31,34-35,37-38,40-41,44,46,50,52,69,71,74-75,78-79H,3-4,6,8-10,12,14-16,18,20-22,24,26-28,30,32-33,36,39,42-43,45,47-49,51,53-68,70,72-73H2,1-2H3,(H,77,80)/b7-5-,13-11-,19-17-,25-23-,31-29-,35-34-,38-37-,41-40-,46-44-,52-50-,71-69+. The van der Waals surface area contributed by atoms with Crippen LogP contribution < -0.4 is 5.32 Å². The smallest absolute Gasteiger partial charge is 0.220 e. The van der Waals surface area contributed by atoms with Crippen molar-refractivity contribution in [2.45, 2.75) is 334 Å². The molecule has 3 N–H and O–H groups in total. The van der Waals surface area contributed by atoms with E-state index >= 15 is 0 Å². The molecular weight excluding hydrogens is 975 g/mol. The summed E-state index contributed by atoms with van der Waals surface area (Å²) < 4.78 is 0. The van der Waals surface area contributed by atoms with E-state index in [0.717, 1.165) is 103 Å². The summed E-state index contributed by atoms with van der Waals surface area (Å²) in [4.78, 5) is 12.5. The molecule has 0 aromatic rings. The van der Waals surface area contributed by atoms with Crippen LogP contribution in [-0.4, -0.2) is 34.9 Å². The highest BCUT2D eigenvalue weighted by molar-refractivity contribution is 5.76. The molecule has 2 unspecified atom stereocenters. The third kappa shape index (κ3) is 65.3. The number of carbonyl (C=O) groups is 1. The molecule has 458 valence electrons. The fraction of sp³-hybridized carbons (Fsp3) is 0.697. The number of rotatable bonds is 62. The average Bonchev–Trinajstić information content (AvgIpc) is 3.46. The Bertz CT molecular complexity index is 1590. The van der Waals surface area contributed by atoms with Gasteiger partial charge >= 0.3 is 0 Å². The summed E-state index contributed by atoms with van der Waals surface area (Å²) in [7, 11) is 0. The summed E-state index contributed by atoms with van der Waals surface area (Å²) in [6.45, 7) is 4.21. The number of aliphatic hydroxyl groups is 2. The molecule has 0 saturated heterocycles. The van der Waals surface area contributed by atoms with Gasteiger partial charge in [0.15, 0.2) is 0 Å². The molecule has 0 radical (unpaired) electrons. The molecule has 4 nitrogen and oxygen atoms in total. The minimum atomic E-state index is -0.854. The van der Waals surface area contributed by atoms with Crippen LogP contribution in [0.2, 0.25) is 0 Å². The molecule has 80 heavy (non-hydrogen) atoms. The predicted octanol–water partition coefficient (Wildman–Crippen LogP) is 23.7. The van der Waals surface area contributed by atoms with E-state index < -0.39 is 12.1 Å². The van der Waals surface area contributed by atoms with Crippen molar-refractivity contribution in [1.29, 1.82) is 0 Å². The van der Waals surface area contributed by atoms with Crippen LogP contribution in [0.3, 0.4) is 0 Å². The van der Waals surface area contributed by atoms with Gasteiger partial charge in [-0.25, -0.2) is 0 Å². The highest BCUT2D eigenvalue weighted by Gasteiger charge is 2.18. The predicted molar refractivity (Wildman–Crippen MR) is 359 cm³/mol. The van der Waals surface area contributed by atoms with Crippen LogP contribution in [-0.2, 0) is 4.79 Å². The Labute approximate surface area is 498 Å². The lowest BCUT2D eigenvalue weighted by atomic mass is 10.0. The van der Waals surface area contributed by atoms with Crippen LogP contribution in [0.5, 0.6) is 0 Å². The van der Waals surface area contributed by atoms with E-state index in [4.69, 9.17) is 0 Å². The van der Waals surface area contributed by atoms with Crippen molar-refractivity contribution in [3.05, 3.63) is 134 Å². The van der Waals surface area contributed by atoms with E-state index in [2.05, 4.69) is 141 Å². The summed E-state index contributed by atoms with van der Waals surface area (Å²) in [5, 5.41) is 23.3. The molecule has 0 aliphatic rings. The maximum absolute atomic E-state index is 12.5. The van der Waals surface area contributed by atoms with E-state index in [1.165, 1.54) is 199 Å². The first-order valence-corrected chi connectivity index (χ1v) is 34.4. The second-order valence-electron chi connectivity index (χ2n) is 22.9. The van der Waals surface area contributed by atoms with Gasteiger partial charge in [-0.2, -0.15) is 0 Å². The number of nitrogens with one attached hydrogen (secondary N) is 1. The van der Waals surface area contributed by atoms with Gasteiger partial charge in [0.2, 0.25) is 5.91 Å². The van der Waals surface area contributed by atoms with Crippen LogP contribution >= 0.6 is 0 Å². The van der Waals surface area contributed by atoms with Gasteiger partial charge in [-0.15, -0.1) is 0 Å². The van der Waals surface area contributed by atoms with E-state index in [-0.39, 0.29) is 12.5 Å². The Morgan fingerprint density at radius 2 is 0.550 bits per heavy atom. The third-order valence-electron chi connectivity index (χ3n) is 15.1. The van der Waals surface area contributed by atoms with Gasteiger partial charge in [0.1, 0.15) is 0 Å². The SMILES string of the molecule is CC/C=C\C/C=C\C/C=C\C/C=C\C/C=C\C/C=C\C/C=C\C/C=C\C/C=C\C/C=C\CCCCCCCCCCC(=O)NC(CO)C(O)/C=C/CCCCCCCCCCCCCCCCCCCCCCCCCCCCC. The molecule has 0 aromatic heterocycles. The molecule has 1 amide bonds. The fourth-order valence-electron chi connectivity index (χ4n) is 9.97. The molecule has 0 aliphatic carbocycles. The molecule has 0 saturated carbocycles. The highest BCUT2D eigenvalue weighted by atomic mass is 16.3. The van der Waals surface area contributed by atoms with E-state index in [1.807, 2.05) is 6.08 Å². The van der Waals surface area contributed by atoms with Gasteiger partial charge in [-0.3, -0.25) is 4.79 Å². The summed E-state index contributed by atoms with van der Waals surface area (Å²) in [6.07, 6.45) is 108. The number of allylic oxidation sites excluding steroid dienone is 21. The first kappa shape index (κ1) is 76.5. The largest absolute Gasteiger partial charge is 0.394 e. The van der Waals surface area contributed by atoms with Crippen LogP contribution in [0.1, 0.15) is 322 Å². The Morgan fingerprint density at radius 1 is 0.312 bits per heavy atom. The number of aliphatic hydroxyl groups excluding tert-OH is 2.